The predicted molar refractivity (Wildman–Crippen MR) is 111 cm³/mol. The van der Waals surface area contributed by atoms with Crippen molar-refractivity contribution < 1.29 is 9.59 Å². The minimum Gasteiger partial charge on any atom is -0.333 e. The summed E-state index contributed by atoms with van der Waals surface area (Å²) in [7, 11) is 0. The molecule has 142 valence electrons. The van der Waals surface area contributed by atoms with Crippen molar-refractivity contribution in [1.82, 2.24) is 9.88 Å². The molecular formula is C20H15Cl2N3O2S. The van der Waals surface area contributed by atoms with Crippen LogP contribution in [0.25, 0.3) is 0 Å². The van der Waals surface area contributed by atoms with Gasteiger partial charge in [-0.05, 0) is 30.3 Å². The maximum absolute atomic E-state index is 12.7. The average Bonchev–Trinajstić information content (AvgIpc) is 3.11. The van der Waals surface area contributed by atoms with Gasteiger partial charge in [0, 0.05) is 29.0 Å². The maximum Gasteiger partial charge on any atom is 0.257 e. The van der Waals surface area contributed by atoms with E-state index in [2.05, 4.69) is 10.3 Å². The predicted octanol–water partition coefficient (Wildman–Crippen LogP) is 4.90. The Morgan fingerprint density at radius 2 is 1.82 bits per heavy atom. The van der Waals surface area contributed by atoms with Crippen molar-refractivity contribution in [2.75, 3.05) is 11.9 Å². The molecule has 0 unspecified atom stereocenters. The molecule has 0 saturated carbocycles. The second-order valence-electron chi connectivity index (χ2n) is 6.31. The number of carbonyl (C=O) groups excluding carboxylic acids is 2. The van der Waals surface area contributed by atoms with Crippen LogP contribution in [-0.4, -0.2) is 28.2 Å². The van der Waals surface area contributed by atoms with Crippen LogP contribution >= 0.6 is 34.5 Å². The first-order valence-electron chi connectivity index (χ1n) is 8.60. The summed E-state index contributed by atoms with van der Waals surface area (Å²) in [5, 5.41) is 4.03. The van der Waals surface area contributed by atoms with E-state index in [0.29, 0.717) is 45.8 Å². The third-order valence-electron chi connectivity index (χ3n) is 4.44. The van der Waals surface area contributed by atoms with Crippen LogP contribution in [0.1, 0.15) is 31.3 Å². The van der Waals surface area contributed by atoms with Crippen molar-refractivity contribution in [1.29, 1.82) is 0 Å². The van der Waals surface area contributed by atoms with Crippen molar-refractivity contribution in [3.05, 3.63) is 80.3 Å². The molecule has 1 aromatic heterocycles. The summed E-state index contributed by atoms with van der Waals surface area (Å²) in [6.45, 7) is 1.09. The van der Waals surface area contributed by atoms with Crippen molar-refractivity contribution >= 4 is 51.5 Å². The lowest BCUT2D eigenvalue weighted by Gasteiger charge is -2.26. The van der Waals surface area contributed by atoms with Gasteiger partial charge < -0.3 is 4.90 Å². The standard InChI is InChI=1S/C20H15Cl2N3O2S/c21-14-7-6-13(10-15(14)22)18(26)24-20-23-16-8-9-25(11-17(16)28-20)19(27)12-4-2-1-3-5-12/h1-7,10H,8-9,11H2,(H,23,24,26). The van der Waals surface area contributed by atoms with Gasteiger partial charge in [-0.25, -0.2) is 4.98 Å². The van der Waals surface area contributed by atoms with E-state index in [-0.39, 0.29) is 11.8 Å². The molecule has 0 fully saturated rings. The largest absolute Gasteiger partial charge is 0.333 e. The number of aromatic nitrogens is 1. The molecule has 0 radical (unpaired) electrons. The summed E-state index contributed by atoms with van der Waals surface area (Å²) in [6, 6.07) is 13.9. The molecule has 28 heavy (non-hydrogen) atoms. The van der Waals surface area contributed by atoms with Crippen LogP contribution < -0.4 is 5.32 Å². The first-order chi connectivity index (χ1) is 13.5. The van der Waals surface area contributed by atoms with Crippen molar-refractivity contribution in [2.24, 2.45) is 0 Å². The van der Waals surface area contributed by atoms with Crippen molar-refractivity contribution in [3.63, 3.8) is 0 Å². The van der Waals surface area contributed by atoms with E-state index < -0.39 is 0 Å². The Bertz CT molecular complexity index is 1050. The highest BCUT2D eigenvalue weighted by molar-refractivity contribution is 7.15. The van der Waals surface area contributed by atoms with Crippen LogP contribution in [-0.2, 0) is 13.0 Å². The zero-order valence-electron chi connectivity index (χ0n) is 14.6. The van der Waals surface area contributed by atoms with Crippen LogP contribution in [0, 0.1) is 0 Å². The maximum atomic E-state index is 12.7. The Kier molecular flexibility index (Phi) is 5.35. The fourth-order valence-electron chi connectivity index (χ4n) is 2.99. The van der Waals surface area contributed by atoms with E-state index in [1.807, 2.05) is 30.3 Å². The molecule has 0 aliphatic carbocycles. The van der Waals surface area contributed by atoms with Gasteiger partial charge in [-0.1, -0.05) is 52.7 Å². The number of anilines is 1. The van der Waals surface area contributed by atoms with Gasteiger partial charge >= 0.3 is 0 Å². The molecule has 0 saturated heterocycles. The molecule has 0 atom stereocenters. The second-order valence-corrected chi connectivity index (χ2v) is 8.21. The van der Waals surface area contributed by atoms with Gasteiger partial charge in [0.25, 0.3) is 11.8 Å². The fraction of sp³-hybridized carbons (Fsp3) is 0.150. The van der Waals surface area contributed by atoms with Crippen LogP contribution in [0.2, 0.25) is 10.0 Å². The molecule has 4 rings (SSSR count). The smallest absolute Gasteiger partial charge is 0.257 e. The number of hydrogen-bond acceptors (Lipinski definition) is 4. The topological polar surface area (TPSA) is 62.3 Å². The molecule has 8 heteroatoms. The number of nitrogens with zero attached hydrogens (tertiary/aromatic N) is 2. The van der Waals surface area contributed by atoms with E-state index in [4.69, 9.17) is 23.2 Å². The molecule has 0 bridgehead atoms. The molecule has 2 heterocycles. The highest BCUT2D eigenvalue weighted by Crippen LogP contribution is 2.30. The van der Waals surface area contributed by atoms with Gasteiger partial charge in [0.1, 0.15) is 0 Å². The number of nitrogens with one attached hydrogen (secondary N) is 1. The fourth-order valence-corrected chi connectivity index (χ4v) is 4.31. The minimum atomic E-state index is -0.304. The summed E-state index contributed by atoms with van der Waals surface area (Å²) in [6.07, 6.45) is 0.660. The van der Waals surface area contributed by atoms with Crippen LogP contribution in [0.15, 0.2) is 48.5 Å². The Morgan fingerprint density at radius 1 is 1.04 bits per heavy atom. The van der Waals surface area contributed by atoms with Crippen LogP contribution in [0.4, 0.5) is 5.13 Å². The van der Waals surface area contributed by atoms with Crippen LogP contribution in [0.3, 0.4) is 0 Å². The zero-order valence-corrected chi connectivity index (χ0v) is 16.9. The lowest BCUT2D eigenvalue weighted by molar-refractivity contribution is 0.0736. The number of hydrogen-bond donors (Lipinski definition) is 1. The normalized spacial score (nSPS) is 13.1. The number of halogens is 2. The molecule has 2 amide bonds. The molecule has 0 spiro atoms. The Hall–Kier alpha value is -2.41. The average molecular weight is 432 g/mol. The quantitative estimate of drug-likeness (QED) is 0.641. The molecule has 5 nitrogen and oxygen atoms in total. The second kappa shape index (κ2) is 7.91. The first kappa shape index (κ1) is 18.9. The third-order valence-corrected chi connectivity index (χ3v) is 6.18. The first-order valence-corrected chi connectivity index (χ1v) is 10.2. The van der Waals surface area contributed by atoms with Gasteiger partial charge in [-0.2, -0.15) is 0 Å². The summed E-state index contributed by atoms with van der Waals surface area (Å²) in [5.41, 5.74) is 2.00. The number of thiazole rings is 1. The van der Waals surface area contributed by atoms with Gasteiger partial charge in [0.05, 0.1) is 22.3 Å². The van der Waals surface area contributed by atoms with Crippen molar-refractivity contribution in [2.45, 2.75) is 13.0 Å². The van der Waals surface area contributed by atoms with Gasteiger partial charge in [0.15, 0.2) is 5.13 Å². The lowest BCUT2D eigenvalue weighted by atomic mass is 10.1. The molecule has 3 aromatic rings. The number of fused-ring (bicyclic) bond motifs is 1. The molecule has 1 aliphatic heterocycles. The highest BCUT2D eigenvalue weighted by Gasteiger charge is 2.25. The van der Waals surface area contributed by atoms with E-state index in [9.17, 15) is 9.59 Å². The number of rotatable bonds is 3. The number of benzene rings is 2. The lowest BCUT2D eigenvalue weighted by Crippen LogP contribution is -2.35. The Morgan fingerprint density at radius 3 is 2.57 bits per heavy atom. The zero-order chi connectivity index (χ0) is 19.7. The highest BCUT2D eigenvalue weighted by atomic mass is 35.5. The minimum absolute atomic E-state index is 0.000965. The summed E-state index contributed by atoms with van der Waals surface area (Å²) in [5.74, 6) is -0.303. The monoisotopic (exact) mass is 431 g/mol. The van der Waals surface area contributed by atoms with E-state index in [1.54, 1.807) is 17.0 Å². The van der Waals surface area contributed by atoms with E-state index >= 15 is 0 Å². The van der Waals surface area contributed by atoms with Gasteiger partial charge in [-0.15, -0.1) is 0 Å². The van der Waals surface area contributed by atoms with Crippen molar-refractivity contribution in [3.8, 4) is 0 Å². The number of carbonyl (C=O) groups is 2. The summed E-state index contributed by atoms with van der Waals surface area (Å²) in [4.78, 5) is 32.4. The number of amides is 2. The third kappa shape index (κ3) is 3.90. The summed E-state index contributed by atoms with van der Waals surface area (Å²) >= 11 is 13.3. The Balaban J connectivity index is 1.47. The van der Waals surface area contributed by atoms with E-state index in [1.165, 1.54) is 17.4 Å². The van der Waals surface area contributed by atoms with Crippen LogP contribution in [0.5, 0.6) is 0 Å². The Labute approximate surface area is 175 Å². The molecule has 1 aliphatic rings. The SMILES string of the molecule is O=C(Nc1nc2c(s1)CN(C(=O)c1ccccc1)CC2)c1ccc(Cl)c(Cl)c1. The van der Waals surface area contributed by atoms with E-state index in [0.717, 1.165) is 10.6 Å². The molecular weight excluding hydrogens is 417 g/mol. The van der Waals surface area contributed by atoms with Gasteiger partial charge in [0.2, 0.25) is 0 Å². The summed E-state index contributed by atoms with van der Waals surface area (Å²) < 4.78 is 0. The molecule has 2 aromatic carbocycles. The van der Waals surface area contributed by atoms with Gasteiger partial charge in [-0.3, -0.25) is 14.9 Å². The molecule has 1 N–H and O–H groups in total.